The molecule has 250 valence electrons. The lowest BCUT2D eigenvalue weighted by molar-refractivity contribution is 0.332. The maximum atomic E-state index is 2.61. The predicted octanol–water partition coefficient (Wildman–Crippen LogP) is 11.2. The van der Waals surface area contributed by atoms with Crippen LogP contribution >= 0.6 is 11.3 Å². The Hall–Kier alpha value is -4.28. The molecular weight excluding hydrogens is 623 g/mol. The molecule has 1 aliphatic carbocycles. The smallest absolute Gasteiger partial charge is 0.264 e. The number of fused-ring (bicyclic) bond motifs is 7. The highest BCUT2D eigenvalue weighted by atomic mass is 32.1. The fourth-order valence-corrected chi connectivity index (χ4v) is 10.4. The minimum atomic E-state index is 0.0306. The summed E-state index contributed by atoms with van der Waals surface area (Å²) >= 11 is 2.03. The molecule has 0 radical (unpaired) electrons. The molecule has 1 aromatic heterocycles. The van der Waals surface area contributed by atoms with Crippen molar-refractivity contribution in [3.8, 4) is 0 Å². The number of benzene rings is 5. The first-order valence-corrected chi connectivity index (χ1v) is 19.2. The molecule has 3 aliphatic rings. The zero-order valence-corrected chi connectivity index (χ0v) is 31.8. The van der Waals surface area contributed by atoms with Crippen molar-refractivity contribution in [2.45, 2.75) is 91.4 Å². The van der Waals surface area contributed by atoms with E-state index in [0.717, 1.165) is 0 Å². The normalized spacial score (nSPS) is 16.9. The zero-order chi connectivity index (χ0) is 34.9. The third-order valence-corrected chi connectivity index (χ3v) is 13.2. The Morgan fingerprint density at radius 2 is 1.30 bits per heavy atom. The number of hydrogen-bond acceptors (Lipinski definition) is 3. The largest absolute Gasteiger partial charge is 0.311 e. The van der Waals surface area contributed by atoms with Crippen molar-refractivity contribution in [1.29, 1.82) is 0 Å². The molecule has 4 heteroatoms. The topological polar surface area (TPSA) is 6.48 Å². The van der Waals surface area contributed by atoms with E-state index in [0.29, 0.717) is 0 Å². The van der Waals surface area contributed by atoms with E-state index in [1.165, 1.54) is 101 Å². The summed E-state index contributed by atoms with van der Waals surface area (Å²) in [6, 6.07) is 37.4. The van der Waals surface area contributed by atoms with Crippen LogP contribution in [0.1, 0.15) is 89.1 Å². The average Bonchev–Trinajstić information content (AvgIpc) is 3.44. The van der Waals surface area contributed by atoms with Crippen molar-refractivity contribution in [3.63, 3.8) is 0 Å². The van der Waals surface area contributed by atoms with Crippen LogP contribution in [0.3, 0.4) is 0 Å². The number of rotatable bonds is 2. The minimum Gasteiger partial charge on any atom is -0.311 e. The van der Waals surface area contributed by atoms with Crippen LogP contribution in [0.15, 0.2) is 97.1 Å². The van der Waals surface area contributed by atoms with Gasteiger partial charge in [0, 0.05) is 43.3 Å². The summed E-state index contributed by atoms with van der Waals surface area (Å²) in [5, 5.41) is 1.39. The lowest BCUT2D eigenvalue weighted by Crippen LogP contribution is -2.60. The van der Waals surface area contributed by atoms with Crippen LogP contribution < -0.4 is 25.5 Å². The summed E-state index contributed by atoms with van der Waals surface area (Å²) in [7, 11) is 0. The number of aryl methyl sites for hydroxylation is 2. The summed E-state index contributed by atoms with van der Waals surface area (Å²) < 4.78 is 2.86. The fourth-order valence-electron chi connectivity index (χ4n) is 9.07. The lowest BCUT2D eigenvalue weighted by atomic mass is 9.36. The van der Waals surface area contributed by atoms with Crippen LogP contribution in [0.5, 0.6) is 0 Å². The molecule has 0 unspecified atom stereocenters. The van der Waals surface area contributed by atoms with Gasteiger partial charge in [-0.2, -0.15) is 0 Å². The Morgan fingerprint density at radius 3 is 1.98 bits per heavy atom. The molecule has 0 spiro atoms. The maximum absolute atomic E-state index is 2.61. The van der Waals surface area contributed by atoms with E-state index in [-0.39, 0.29) is 23.0 Å². The summed E-state index contributed by atoms with van der Waals surface area (Å²) in [6.07, 6.45) is 2.42. The number of hydrogen-bond donors (Lipinski definition) is 0. The molecule has 9 rings (SSSR count). The van der Waals surface area contributed by atoms with E-state index < -0.39 is 0 Å². The fraction of sp³-hybridized carbons (Fsp3) is 0.304. The first kappa shape index (κ1) is 31.7. The van der Waals surface area contributed by atoms with Gasteiger partial charge in [-0.25, -0.2) is 0 Å². The van der Waals surface area contributed by atoms with Gasteiger partial charge in [0.2, 0.25) is 0 Å². The highest BCUT2D eigenvalue weighted by Gasteiger charge is 2.46. The second-order valence-corrected chi connectivity index (χ2v) is 18.5. The van der Waals surface area contributed by atoms with Crippen LogP contribution in [-0.2, 0) is 16.2 Å². The van der Waals surface area contributed by atoms with E-state index in [4.69, 9.17) is 0 Å². The number of nitrogens with zero attached hydrogens (tertiary/aromatic N) is 2. The maximum Gasteiger partial charge on any atom is 0.264 e. The van der Waals surface area contributed by atoms with E-state index in [2.05, 4.69) is 169 Å². The van der Waals surface area contributed by atoms with Gasteiger partial charge in [0.25, 0.3) is 6.71 Å². The molecule has 0 saturated heterocycles. The van der Waals surface area contributed by atoms with Crippen molar-refractivity contribution in [2.24, 2.45) is 0 Å². The molecule has 5 aromatic carbocycles. The number of anilines is 6. The van der Waals surface area contributed by atoms with Crippen LogP contribution in [-0.4, -0.2) is 6.71 Å². The predicted molar refractivity (Wildman–Crippen MR) is 219 cm³/mol. The monoisotopic (exact) mass is 670 g/mol. The average molecular weight is 671 g/mol. The first-order valence-electron chi connectivity index (χ1n) is 18.4. The van der Waals surface area contributed by atoms with Gasteiger partial charge in [-0.1, -0.05) is 97.0 Å². The Balaban J connectivity index is 1.43. The van der Waals surface area contributed by atoms with E-state index in [9.17, 15) is 0 Å². The minimum absolute atomic E-state index is 0.0306. The molecule has 0 saturated carbocycles. The van der Waals surface area contributed by atoms with Gasteiger partial charge in [-0.3, -0.25) is 0 Å². The molecule has 0 fully saturated rings. The van der Waals surface area contributed by atoms with E-state index >= 15 is 0 Å². The van der Waals surface area contributed by atoms with Crippen LogP contribution in [0.4, 0.5) is 34.1 Å². The Labute approximate surface area is 302 Å². The summed E-state index contributed by atoms with van der Waals surface area (Å²) in [6.45, 7) is 21.5. The highest BCUT2D eigenvalue weighted by Crippen LogP contribution is 2.52. The summed E-state index contributed by atoms with van der Waals surface area (Å²) in [4.78, 5) is 5.17. The molecule has 2 aliphatic heterocycles. The molecule has 3 heterocycles. The van der Waals surface area contributed by atoms with E-state index in [1.807, 2.05) is 11.3 Å². The van der Waals surface area contributed by atoms with Crippen molar-refractivity contribution < 1.29 is 0 Å². The third-order valence-electron chi connectivity index (χ3n) is 12.0. The molecule has 6 aromatic rings. The van der Waals surface area contributed by atoms with Gasteiger partial charge in [0.1, 0.15) is 0 Å². The van der Waals surface area contributed by atoms with Gasteiger partial charge >= 0.3 is 0 Å². The summed E-state index contributed by atoms with van der Waals surface area (Å²) in [5.74, 6) is 0. The van der Waals surface area contributed by atoms with Crippen molar-refractivity contribution >= 4 is 78.0 Å². The Morgan fingerprint density at radius 1 is 0.660 bits per heavy atom. The van der Waals surface area contributed by atoms with Crippen molar-refractivity contribution in [2.75, 3.05) is 9.80 Å². The molecule has 2 nitrogen and oxygen atoms in total. The van der Waals surface area contributed by atoms with Crippen molar-refractivity contribution in [3.05, 3.63) is 125 Å². The van der Waals surface area contributed by atoms with Gasteiger partial charge in [-0.15, -0.1) is 11.3 Å². The molecule has 0 bridgehead atoms. The molecule has 0 atom stereocenters. The van der Waals surface area contributed by atoms with Crippen LogP contribution in [0, 0.1) is 13.8 Å². The third kappa shape index (κ3) is 4.53. The zero-order valence-electron chi connectivity index (χ0n) is 31.0. The van der Waals surface area contributed by atoms with Gasteiger partial charge in [0.05, 0.1) is 5.69 Å². The molecular formula is C46H47BN2S. The van der Waals surface area contributed by atoms with Gasteiger partial charge < -0.3 is 9.80 Å². The standard InChI is InChI=1S/C46H47BN2S/c1-28-23-38-41-39(24-28)49(36-18-14-13-15-29(36)2)37-20-19-30(44(3,4)5)25-35(37)47(41)43-42(48(38)31-16-11-10-12-17-31)32-26-33-34(27-40(32)50-43)46(8,9)22-21-45(33,6)7/h10-20,23-27H,21-22H2,1-9H3. The van der Waals surface area contributed by atoms with Crippen LogP contribution in [0.25, 0.3) is 10.1 Å². The molecule has 50 heavy (non-hydrogen) atoms. The quantitative estimate of drug-likeness (QED) is 0.169. The van der Waals surface area contributed by atoms with Gasteiger partial charge in [0.15, 0.2) is 0 Å². The highest BCUT2D eigenvalue weighted by molar-refractivity contribution is 7.33. The number of thiophene rings is 1. The SMILES string of the molecule is Cc1cc2c3c(c1)N(c1ccccc1)c1c(sc4cc5c(cc14)C(C)(C)CCC5(C)C)B3c1cc(C(C)(C)C)ccc1N2c1ccccc1C. The second-order valence-electron chi connectivity index (χ2n) is 17.4. The summed E-state index contributed by atoms with van der Waals surface area (Å²) in [5.41, 5.74) is 17.8. The Kier molecular flexibility index (Phi) is 6.73. The van der Waals surface area contributed by atoms with Crippen molar-refractivity contribution in [1.82, 2.24) is 0 Å². The number of para-hydroxylation sites is 2. The second kappa shape index (κ2) is 10.6. The Bertz CT molecular complexity index is 2360. The molecule has 0 amide bonds. The van der Waals surface area contributed by atoms with Crippen LogP contribution in [0.2, 0.25) is 0 Å². The lowest BCUT2D eigenvalue weighted by Gasteiger charge is -2.44. The molecule has 0 N–H and O–H groups in total. The first-order chi connectivity index (χ1) is 23.7. The van der Waals surface area contributed by atoms with Gasteiger partial charge in [-0.05, 0) is 130 Å². The van der Waals surface area contributed by atoms with E-state index in [1.54, 1.807) is 0 Å².